The number of aliphatic hydroxyl groups is 1. The van der Waals surface area contributed by atoms with Gasteiger partial charge in [-0.25, -0.2) is 14.2 Å². The summed E-state index contributed by atoms with van der Waals surface area (Å²) in [4.78, 5) is 44.6. The normalized spacial score (nSPS) is 16.4. The zero-order chi connectivity index (χ0) is 28.1. The first-order valence-corrected chi connectivity index (χ1v) is 13.1. The van der Waals surface area contributed by atoms with Gasteiger partial charge in [0.1, 0.15) is 34.9 Å². The fraction of sp³-hybridized carbons (Fsp3) is 0.241. The number of ketones is 1. The highest BCUT2D eigenvalue weighted by molar-refractivity contribution is 7.17. The SMILES string of the molecule is C=CCOC(=O)c1sc(N2C(=O)C(=O)/C(=C(\O)c3ccc(OCCCC)cc3)C2c2ccccc2F)nc1C. The smallest absolute Gasteiger partial charge is 0.350 e. The third-order valence-electron chi connectivity index (χ3n) is 6.05. The molecule has 2 heterocycles. The van der Waals surface area contributed by atoms with Gasteiger partial charge in [0.05, 0.1) is 17.9 Å². The molecule has 0 spiro atoms. The third kappa shape index (κ3) is 5.61. The quantitative estimate of drug-likeness (QED) is 0.0857. The summed E-state index contributed by atoms with van der Waals surface area (Å²) in [7, 11) is 0. The van der Waals surface area contributed by atoms with E-state index in [1.807, 2.05) is 6.92 Å². The summed E-state index contributed by atoms with van der Waals surface area (Å²) in [6.07, 6.45) is 3.28. The highest BCUT2D eigenvalue weighted by atomic mass is 32.1. The van der Waals surface area contributed by atoms with Crippen molar-refractivity contribution in [2.75, 3.05) is 18.1 Å². The lowest BCUT2D eigenvalue weighted by Crippen LogP contribution is -2.29. The second kappa shape index (κ2) is 12.0. The minimum Gasteiger partial charge on any atom is -0.507 e. The van der Waals surface area contributed by atoms with Crippen LogP contribution in [0.4, 0.5) is 9.52 Å². The number of unbranched alkanes of at least 4 members (excludes halogenated alkanes) is 1. The number of carbonyl (C=O) groups is 3. The van der Waals surface area contributed by atoms with E-state index in [0.717, 1.165) is 29.1 Å². The van der Waals surface area contributed by atoms with Gasteiger partial charge in [-0.15, -0.1) is 0 Å². The van der Waals surface area contributed by atoms with Crippen molar-refractivity contribution in [1.82, 2.24) is 4.98 Å². The number of hydrogen-bond acceptors (Lipinski definition) is 8. The first-order chi connectivity index (χ1) is 18.8. The molecule has 39 heavy (non-hydrogen) atoms. The maximum Gasteiger partial charge on any atom is 0.350 e. The Morgan fingerprint density at radius 3 is 2.59 bits per heavy atom. The number of amides is 1. The summed E-state index contributed by atoms with van der Waals surface area (Å²) < 4.78 is 25.9. The van der Waals surface area contributed by atoms with Crippen LogP contribution in [0.5, 0.6) is 5.75 Å². The van der Waals surface area contributed by atoms with Crippen LogP contribution < -0.4 is 9.64 Å². The van der Waals surface area contributed by atoms with Gasteiger partial charge in [0.15, 0.2) is 5.13 Å². The lowest BCUT2D eigenvalue weighted by molar-refractivity contribution is -0.132. The van der Waals surface area contributed by atoms with Gasteiger partial charge in [-0.2, -0.15) is 0 Å². The topological polar surface area (TPSA) is 106 Å². The molecule has 10 heteroatoms. The van der Waals surface area contributed by atoms with Gasteiger partial charge in [-0.3, -0.25) is 14.5 Å². The van der Waals surface area contributed by atoms with Gasteiger partial charge < -0.3 is 14.6 Å². The number of hydrogen-bond donors (Lipinski definition) is 1. The Morgan fingerprint density at radius 1 is 1.21 bits per heavy atom. The molecule has 1 unspecified atom stereocenters. The van der Waals surface area contributed by atoms with Crippen LogP contribution in [0.1, 0.15) is 52.3 Å². The maximum atomic E-state index is 15.1. The predicted molar refractivity (Wildman–Crippen MR) is 145 cm³/mol. The van der Waals surface area contributed by atoms with Gasteiger partial charge in [0.2, 0.25) is 0 Å². The van der Waals surface area contributed by atoms with E-state index in [0.29, 0.717) is 12.4 Å². The molecule has 0 bridgehead atoms. The van der Waals surface area contributed by atoms with Crippen LogP contribution in [0, 0.1) is 12.7 Å². The monoisotopic (exact) mass is 550 g/mol. The summed E-state index contributed by atoms with van der Waals surface area (Å²) in [5.74, 6) is -3.25. The van der Waals surface area contributed by atoms with E-state index in [4.69, 9.17) is 9.47 Å². The fourth-order valence-electron chi connectivity index (χ4n) is 4.09. The molecule has 1 amide bonds. The summed E-state index contributed by atoms with van der Waals surface area (Å²) in [6, 6.07) is 10.7. The van der Waals surface area contributed by atoms with Gasteiger partial charge in [0, 0.05) is 11.1 Å². The predicted octanol–water partition coefficient (Wildman–Crippen LogP) is 5.74. The summed E-state index contributed by atoms with van der Waals surface area (Å²) in [6.45, 7) is 7.63. The number of aromatic nitrogens is 1. The Balaban J connectivity index is 1.81. The second-order valence-electron chi connectivity index (χ2n) is 8.72. The number of esters is 1. The molecule has 1 saturated heterocycles. The number of aryl methyl sites for hydroxylation is 1. The molecule has 1 aliphatic heterocycles. The first-order valence-electron chi connectivity index (χ1n) is 12.3. The van der Waals surface area contributed by atoms with Crippen molar-refractivity contribution in [1.29, 1.82) is 0 Å². The number of thiazole rings is 1. The van der Waals surface area contributed by atoms with Gasteiger partial charge in [-0.1, -0.05) is 55.5 Å². The molecular weight excluding hydrogens is 523 g/mol. The largest absolute Gasteiger partial charge is 0.507 e. The molecule has 8 nitrogen and oxygen atoms in total. The van der Waals surface area contributed by atoms with E-state index < -0.39 is 35.3 Å². The van der Waals surface area contributed by atoms with E-state index in [1.165, 1.54) is 24.3 Å². The lowest BCUT2D eigenvalue weighted by atomic mass is 9.95. The molecule has 202 valence electrons. The Hall–Kier alpha value is -4.31. The zero-order valence-corrected chi connectivity index (χ0v) is 22.3. The molecule has 0 aliphatic carbocycles. The molecule has 4 rings (SSSR count). The van der Waals surface area contributed by atoms with E-state index in [2.05, 4.69) is 11.6 Å². The van der Waals surface area contributed by atoms with Crippen LogP contribution in [0.2, 0.25) is 0 Å². The van der Waals surface area contributed by atoms with Gasteiger partial charge >= 0.3 is 11.9 Å². The van der Waals surface area contributed by atoms with Crippen molar-refractivity contribution in [2.45, 2.75) is 32.7 Å². The van der Waals surface area contributed by atoms with Crippen molar-refractivity contribution in [3.05, 3.63) is 94.3 Å². The van der Waals surface area contributed by atoms with Gasteiger partial charge in [0.25, 0.3) is 5.78 Å². The zero-order valence-electron chi connectivity index (χ0n) is 21.5. The van der Waals surface area contributed by atoms with Crippen molar-refractivity contribution in [2.24, 2.45) is 0 Å². The van der Waals surface area contributed by atoms with Crippen molar-refractivity contribution in [3.8, 4) is 5.75 Å². The minimum absolute atomic E-state index is 0.00729. The molecule has 1 N–H and O–H groups in total. The highest BCUT2D eigenvalue weighted by Crippen LogP contribution is 2.44. The molecule has 1 atom stereocenters. The number of nitrogens with zero attached hydrogens (tertiary/aromatic N) is 2. The highest BCUT2D eigenvalue weighted by Gasteiger charge is 2.49. The molecule has 2 aromatic carbocycles. The Labute approximate surface area is 229 Å². The summed E-state index contributed by atoms with van der Waals surface area (Å²) in [5, 5.41) is 11.3. The second-order valence-corrected chi connectivity index (χ2v) is 9.69. The van der Waals surface area contributed by atoms with Crippen LogP contribution in [-0.2, 0) is 14.3 Å². The number of anilines is 1. The summed E-state index contributed by atoms with van der Waals surface area (Å²) in [5.41, 5.74) is 0.216. The van der Waals surface area contributed by atoms with Crippen LogP contribution in [0.3, 0.4) is 0 Å². The Kier molecular flexibility index (Phi) is 8.55. The van der Waals surface area contributed by atoms with E-state index in [9.17, 15) is 19.5 Å². The molecule has 1 fully saturated rings. The molecule has 1 aromatic heterocycles. The Morgan fingerprint density at radius 2 is 1.92 bits per heavy atom. The van der Waals surface area contributed by atoms with Crippen molar-refractivity contribution < 1.29 is 33.4 Å². The summed E-state index contributed by atoms with van der Waals surface area (Å²) >= 11 is 0.836. The number of aliphatic hydroxyl groups excluding tert-OH is 1. The van der Waals surface area contributed by atoms with Gasteiger partial charge in [-0.05, 0) is 43.7 Å². The standard InChI is InChI=1S/C29H27FN2O6S/c1-4-6-16-37-19-13-11-18(12-14-19)24(33)22-23(20-9-7-8-10-21(20)30)32(27(35)25(22)34)29-31-17(3)26(39-29)28(36)38-15-5-2/h5,7-14,23,33H,2,4,6,15-16H2,1,3H3/b24-22-. The molecule has 0 saturated carbocycles. The van der Waals surface area contributed by atoms with E-state index in [-0.39, 0.29) is 39.0 Å². The Bertz CT molecular complexity index is 1450. The number of benzene rings is 2. The lowest BCUT2D eigenvalue weighted by Gasteiger charge is -2.23. The average Bonchev–Trinajstić information content (AvgIpc) is 3.44. The average molecular weight is 551 g/mol. The van der Waals surface area contributed by atoms with Crippen LogP contribution >= 0.6 is 11.3 Å². The number of Topliss-reactive ketones (excluding diaryl/α,β-unsaturated/α-hetero) is 1. The number of carbonyl (C=O) groups excluding carboxylic acids is 3. The fourth-order valence-corrected chi connectivity index (χ4v) is 5.08. The number of halogens is 1. The van der Waals surface area contributed by atoms with Crippen LogP contribution in [0.15, 0.2) is 66.8 Å². The molecular formula is C29H27FN2O6S. The van der Waals surface area contributed by atoms with E-state index in [1.54, 1.807) is 37.3 Å². The number of ether oxygens (including phenoxy) is 2. The first kappa shape index (κ1) is 27.7. The third-order valence-corrected chi connectivity index (χ3v) is 7.18. The van der Waals surface area contributed by atoms with E-state index >= 15 is 4.39 Å². The van der Waals surface area contributed by atoms with Crippen LogP contribution in [0.25, 0.3) is 5.76 Å². The molecule has 3 aromatic rings. The molecule has 1 aliphatic rings. The number of rotatable bonds is 10. The van der Waals surface area contributed by atoms with Crippen molar-refractivity contribution >= 4 is 39.9 Å². The minimum atomic E-state index is -1.32. The van der Waals surface area contributed by atoms with Crippen molar-refractivity contribution in [3.63, 3.8) is 0 Å². The van der Waals surface area contributed by atoms with Crippen LogP contribution in [-0.4, -0.2) is 41.0 Å². The molecule has 0 radical (unpaired) electrons. The maximum absolute atomic E-state index is 15.1.